The average Bonchev–Trinajstić information content (AvgIpc) is 2.55. The van der Waals surface area contributed by atoms with Crippen molar-refractivity contribution in [3.05, 3.63) is 63.6 Å². The van der Waals surface area contributed by atoms with Crippen LogP contribution in [-0.4, -0.2) is 23.1 Å². The molecule has 0 aliphatic rings. The molecule has 7 heteroatoms. The highest BCUT2D eigenvalue weighted by Crippen LogP contribution is 2.26. The lowest BCUT2D eigenvalue weighted by Gasteiger charge is -2.19. The van der Waals surface area contributed by atoms with Crippen LogP contribution >= 0.6 is 23.2 Å². The van der Waals surface area contributed by atoms with Gasteiger partial charge in [-0.05, 0) is 55.8 Å². The highest BCUT2D eigenvalue weighted by Gasteiger charge is 2.21. The van der Waals surface area contributed by atoms with Crippen LogP contribution in [0.15, 0.2) is 42.5 Å². The van der Waals surface area contributed by atoms with Crippen LogP contribution in [0, 0.1) is 0 Å². The van der Waals surface area contributed by atoms with Gasteiger partial charge in [-0.25, -0.2) is 4.79 Å². The van der Waals surface area contributed by atoms with Gasteiger partial charge in [-0.15, -0.1) is 0 Å². The summed E-state index contributed by atoms with van der Waals surface area (Å²) in [7, 11) is 0. The minimum Gasteiger partial charge on any atom is -0.508 e. The number of rotatable bonds is 5. The second-order valence-electron chi connectivity index (χ2n) is 5.49. The lowest BCUT2D eigenvalue weighted by Crippen LogP contribution is -2.37. The molecule has 25 heavy (non-hydrogen) atoms. The minimum atomic E-state index is -0.991. The van der Waals surface area contributed by atoms with Gasteiger partial charge in [0.15, 0.2) is 6.10 Å². The number of carbonyl (C=O) groups is 2. The van der Waals surface area contributed by atoms with Crippen molar-refractivity contribution in [1.82, 2.24) is 5.32 Å². The first-order valence-electron chi connectivity index (χ1n) is 7.53. The fraction of sp³-hybridized carbons (Fsp3) is 0.222. The number of carbonyl (C=O) groups excluding carboxylic acids is 2. The topological polar surface area (TPSA) is 75.6 Å². The third kappa shape index (κ3) is 5.11. The molecule has 0 unspecified atom stereocenters. The predicted molar refractivity (Wildman–Crippen MR) is 96.0 cm³/mol. The van der Waals surface area contributed by atoms with E-state index >= 15 is 0 Å². The molecule has 0 fully saturated rings. The predicted octanol–water partition coefficient (Wildman–Crippen LogP) is 4.12. The van der Waals surface area contributed by atoms with Gasteiger partial charge in [0.05, 0.1) is 11.6 Å². The van der Waals surface area contributed by atoms with Crippen molar-refractivity contribution < 1.29 is 19.4 Å². The van der Waals surface area contributed by atoms with Gasteiger partial charge in [0.1, 0.15) is 5.75 Å². The zero-order chi connectivity index (χ0) is 18.6. The number of phenols is 1. The zero-order valence-electron chi connectivity index (χ0n) is 13.6. The summed E-state index contributed by atoms with van der Waals surface area (Å²) in [5, 5.41) is 12.9. The van der Waals surface area contributed by atoms with E-state index in [9.17, 15) is 14.7 Å². The van der Waals surface area contributed by atoms with E-state index in [1.54, 1.807) is 25.1 Å². The first kappa shape index (κ1) is 19.1. The maximum absolute atomic E-state index is 12.2. The Morgan fingerprint density at radius 2 is 1.72 bits per heavy atom. The normalized spacial score (nSPS) is 13.0. The molecule has 2 aromatic rings. The van der Waals surface area contributed by atoms with Crippen LogP contribution in [0.5, 0.6) is 5.75 Å². The summed E-state index contributed by atoms with van der Waals surface area (Å²) in [4.78, 5) is 24.2. The molecule has 0 aromatic heterocycles. The Bertz CT molecular complexity index is 777. The van der Waals surface area contributed by atoms with Gasteiger partial charge < -0.3 is 15.2 Å². The smallest absolute Gasteiger partial charge is 0.338 e. The number of aromatic hydroxyl groups is 1. The molecule has 132 valence electrons. The van der Waals surface area contributed by atoms with Crippen LogP contribution in [0.25, 0.3) is 0 Å². The van der Waals surface area contributed by atoms with E-state index < -0.39 is 18.0 Å². The van der Waals surface area contributed by atoms with Crippen molar-refractivity contribution in [2.45, 2.75) is 26.0 Å². The third-order valence-electron chi connectivity index (χ3n) is 3.54. The molecule has 0 aliphatic carbocycles. The van der Waals surface area contributed by atoms with Crippen LogP contribution in [0.4, 0.5) is 0 Å². The molecule has 0 spiro atoms. The van der Waals surface area contributed by atoms with Gasteiger partial charge in [-0.2, -0.15) is 0 Å². The Morgan fingerprint density at radius 3 is 2.32 bits per heavy atom. The molecule has 2 N–H and O–H groups in total. The van der Waals surface area contributed by atoms with E-state index in [1.807, 2.05) is 0 Å². The third-order valence-corrected chi connectivity index (χ3v) is 4.11. The summed E-state index contributed by atoms with van der Waals surface area (Å²) in [6.07, 6.45) is -0.991. The Labute approximate surface area is 155 Å². The first-order valence-corrected chi connectivity index (χ1v) is 8.29. The summed E-state index contributed by atoms with van der Waals surface area (Å²) >= 11 is 12.0. The Hall–Kier alpha value is -2.24. The molecule has 0 saturated heterocycles. The molecule has 0 bridgehead atoms. The molecule has 2 rings (SSSR count). The van der Waals surface area contributed by atoms with Crippen molar-refractivity contribution in [2.75, 3.05) is 0 Å². The standard InChI is InChI=1S/C18H17Cl2NO4/c1-10(15-8-5-13(19)9-16(15)20)21-17(23)11(2)25-18(24)12-3-6-14(22)7-4-12/h3-11,22H,1-2H3,(H,21,23)/t10-,11+/m0/s1. The van der Waals surface area contributed by atoms with E-state index in [2.05, 4.69) is 5.32 Å². The van der Waals surface area contributed by atoms with Crippen LogP contribution in [-0.2, 0) is 9.53 Å². The number of ether oxygens (including phenoxy) is 1. The number of benzene rings is 2. The largest absolute Gasteiger partial charge is 0.508 e. The zero-order valence-corrected chi connectivity index (χ0v) is 15.1. The number of amides is 1. The van der Waals surface area contributed by atoms with Crippen molar-refractivity contribution in [2.24, 2.45) is 0 Å². The number of nitrogens with one attached hydrogen (secondary N) is 1. The lowest BCUT2D eigenvalue weighted by atomic mass is 10.1. The van der Waals surface area contributed by atoms with Gasteiger partial charge in [0, 0.05) is 10.0 Å². The highest BCUT2D eigenvalue weighted by molar-refractivity contribution is 6.35. The number of hydrogen-bond acceptors (Lipinski definition) is 4. The van der Waals surface area contributed by atoms with Crippen molar-refractivity contribution in [1.29, 1.82) is 0 Å². The summed E-state index contributed by atoms with van der Waals surface area (Å²) in [6, 6.07) is 10.2. The maximum Gasteiger partial charge on any atom is 0.338 e. The summed E-state index contributed by atoms with van der Waals surface area (Å²) in [5.74, 6) is -1.07. The number of phenolic OH excluding ortho intramolecular Hbond substituents is 1. The number of halogens is 2. The Balaban J connectivity index is 1.97. The van der Waals surface area contributed by atoms with E-state index in [0.717, 1.165) is 0 Å². The van der Waals surface area contributed by atoms with Crippen LogP contribution < -0.4 is 5.32 Å². The van der Waals surface area contributed by atoms with Gasteiger partial charge in [0.25, 0.3) is 5.91 Å². The fourth-order valence-corrected chi connectivity index (χ4v) is 2.71. The first-order chi connectivity index (χ1) is 11.8. The second kappa shape index (κ2) is 8.23. The quantitative estimate of drug-likeness (QED) is 0.763. The van der Waals surface area contributed by atoms with Crippen molar-refractivity contribution >= 4 is 35.1 Å². The molecular weight excluding hydrogens is 365 g/mol. The summed E-state index contributed by atoms with van der Waals surface area (Å²) in [6.45, 7) is 3.24. The molecule has 2 atom stereocenters. The van der Waals surface area contributed by atoms with Crippen LogP contribution in [0.2, 0.25) is 10.0 Å². The molecule has 0 radical (unpaired) electrons. The van der Waals surface area contributed by atoms with Crippen molar-refractivity contribution in [3.8, 4) is 5.75 Å². The number of esters is 1. The van der Waals surface area contributed by atoms with E-state index in [4.69, 9.17) is 27.9 Å². The molecule has 0 saturated carbocycles. The SMILES string of the molecule is C[C@H](NC(=O)[C@@H](C)OC(=O)c1ccc(O)cc1)c1ccc(Cl)cc1Cl. The summed E-state index contributed by atoms with van der Waals surface area (Å²) < 4.78 is 5.14. The highest BCUT2D eigenvalue weighted by atomic mass is 35.5. The van der Waals surface area contributed by atoms with Crippen LogP contribution in [0.3, 0.4) is 0 Å². The van der Waals surface area contributed by atoms with Crippen LogP contribution in [0.1, 0.15) is 35.8 Å². The monoisotopic (exact) mass is 381 g/mol. The van der Waals surface area contributed by atoms with E-state index in [-0.39, 0.29) is 17.4 Å². The minimum absolute atomic E-state index is 0.0380. The van der Waals surface area contributed by atoms with E-state index in [1.165, 1.54) is 31.2 Å². The fourth-order valence-electron chi connectivity index (χ4n) is 2.14. The Morgan fingerprint density at radius 1 is 1.08 bits per heavy atom. The molecule has 5 nitrogen and oxygen atoms in total. The van der Waals surface area contributed by atoms with Gasteiger partial charge in [0.2, 0.25) is 0 Å². The molecular formula is C18H17Cl2NO4. The van der Waals surface area contributed by atoms with Crippen molar-refractivity contribution in [3.63, 3.8) is 0 Å². The Kier molecular flexibility index (Phi) is 6.28. The average molecular weight is 382 g/mol. The molecule has 1 amide bonds. The number of hydrogen-bond donors (Lipinski definition) is 2. The van der Waals surface area contributed by atoms with Gasteiger partial charge in [-0.3, -0.25) is 4.79 Å². The molecule has 0 aliphatic heterocycles. The summed E-state index contributed by atoms with van der Waals surface area (Å²) in [5.41, 5.74) is 0.947. The van der Waals surface area contributed by atoms with Gasteiger partial charge in [-0.1, -0.05) is 29.3 Å². The second-order valence-corrected chi connectivity index (χ2v) is 6.33. The molecule has 0 heterocycles. The van der Waals surface area contributed by atoms with E-state index in [0.29, 0.717) is 15.6 Å². The molecule has 2 aromatic carbocycles. The maximum atomic E-state index is 12.2. The van der Waals surface area contributed by atoms with Gasteiger partial charge >= 0.3 is 5.97 Å². The lowest BCUT2D eigenvalue weighted by molar-refractivity contribution is -0.129.